The fourth-order valence-electron chi connectivity index (χ4n) is 1.76. The highest BCUT2D eigenvalue weighted by atomic mass is 32.1. The van der Waals surface area contributed by atoms with Crippen LogP contribution in [0.15, 0.2) is 47.2 Å². The Morgan fingerprint density at radius 3 is 2.83 bits per heavy atom. The normalized spacial score (nSPS) is 10.5. The van der Waals surface area contributed by atoms with Crippen molar-refractivity contribution in [1.29, 1.82) is 0 Å². The van der Waals surface area contributed by atoms with E-state index in [1.807, 2.05) is 29.8 Å². The lowest BCUT2D eigenvalue weighted by atomic mass is 10.3. The largest absolute Gasteiger partial charge is 0.492 e. The Balaban J connectivity index is 1.82. The maximum atomic E-state index is 11.8. The van der Waals surface area contributed by atoms with Gasteiger partial charge in [-0.2, -0.15) is 11.3 Å². The molecular weight excluding hydrogens is 314 g/mol. The smallest absolute Gasteiger partial charge is 0.331 e. The van der Waals surface area contributed by atoms with Crippen LogP contribution in [-0.2, 0) is 14.3 Å². The monoisotopic (exact) mass is 331 g/mol. The summed E-state index contributed by atoms with van der Waals surface area (Å²) in [4.78, 5) is 23.4. The molecule has 0 spiro atoms. The van der Waals surface area contributed by atoms with E-state index in [0.717, 1.165) is 5.56 Å². The Morgan fingerprint density at radius 1 is 1.26 bits per heavy atom. The zero-order valence-electron chi connectivity index (χ0n) is 12.7. The van der Waals surface area contributed by atoms with Crippen LogP contribution in [0.1, 0.15) is 12.5 Å². The molecule has 2 rings (SSSR count). The second kappa shape index (κ2) is 8.75. The van der Waals surface area contributed by atoms with E-state index in [9.17, 15) is 9.59 Å². The molecule has 0 aliphatic heterocycles. The van der Waals surface area contributed by atoms with Gasteiger partial charge in [0.25, 0.3) is 5.91 Å². The van der Waals surface area contributed by atoms with Gasteiger partial charge in [-0.05, 0) is 47.5 Å². The average Bonchev–Trinajstić information content (AvgIpc) is 3.06. The number of benzene rings is 1. The molecule has 1 heterocycles. The highest BCUT2D eigenvalue weighted by Gasteiger charge is 2.09. The van der Waals surface area contributed by atoms with Crippen LogP contribution >= 0.6 is 11.3 Å². The van der Waals surface area contributed by atoms with Gasteiger partial charge in [-0.25, -0.2) is 4.79 Å². The summed E-state index contributed by atoms with van der Waals surface area (Å²) in [5.74, 6) is -0.411. The first-order valence-electron chi connectivity index (χ1n) is 7.07. The lowest BCUT2D eigenvalue weighted by molar-refractivity contribution is -0.142. The van der Waals surface area contributed by atoms with E-state index in [1.54, 1.807) is 24.3 Å². The van der Waals surface area contributed by atoms with Gasteiger partial charge in [-0.1, -0.05) is 12.1 Å². The second-order valence-corrected chi connectivity index (χ2v) is 5.26. The summed E-state index contributed by atoms with van der Waals surface area (Å²) in [6, 6.07) is 8.96. The van der Waals surface area contributed by atoms with E-state index >= 15 is 0 Å². The zero-order valence-corrected chi connectivity index (χ0v) is 13.5. The summed E-state index contributed by atoms with van der Waals surface area (Å²) < 4.78 is 10.3. The van der Waals surface area contributed by atoms with Crippen LogP contribution in [0.4, 0.5) is 5.69 Å². The van der Waals surface area contributed by atoms with E-state index in [0.29, 0.717) is 18.0 Å². The maximum absolute atomic E-state index is 11.8. The fraction of sp³-hybridized carbons (Fsp3) is 0.176. The Kier molecular flexibility index (Phi) is 6.38. The Hall–Kier alpha value is -2.60. The molecule has 2 aromatic rings. The van der Waals surface area contributed by atoms with Gasteiger partial charge >= 0.3 is 5.97 Å². The molecule has 120 valence electrons. The minimum Gasteiger partial charge on any atom is -0.492 e. The first-order valence-corrected chi connectivity index (χ1v) is 8.02. The number of esters is 1. The number of para-hydroxylation sites is 2. The predicted octanol–water partition coefficient (Wildman–Crippen LogP) is 3.34. The van der Waals surface area contributed by atoms with E-state index in [4.69, 9.17) is 9.47 Å². The van der Waals surface area contributed by atoms with E-state index in [1.165, 1.54) is 17.4 Å². The minimum absolute atomic E-state index is 0.354. The van der Waals surface area contributed by atoms with Crippen molar-refractivity contribution in [2.45, 2.75) is 6.92 Å². The van der Waals surface area contributed by atoms with Crippen molar-refractivity contribution in [2.75, 3.05) is 18.5 Å². The van der Waals surface area contributed by atoms with Gasteiger partial charge in [0.1, 0.15) is 5.75 Å². The van der Waals surface area contributed by atoms with Crippen molar-refractivity contribution >= 4 is 35.0 Å². The van der Waals surface area contributed by atoms with Crippen LogP contribution in [0, 0.1) is 0 Å². The Morgan fingerprint density at radius 2 is 2.09 bits per heavy atom. The Bertz CT molecular complexity index is 680. The second-order valence-electron chi connectivity index (χ2n) is 4.48. The van der Waals surface area contributed by atoms with Crippen molar-refractivity contribution in [3.63, 3.8) is 0 Å². The standard InChI is InChI=1S/C17H17NO4S/c1-2-21-15-6-4-3-5-14(15)18-16(19)11-22-17(20)8-7-13-9-10-23-12-13/h3-10,12H,2,11H2,1H3,(H,18,19)/b8-7+. The van der Waals surface area contributed by atoms with Gasteiger partial charge in [0, 0.05) is 6.08 Å². The van der Waals surface area contributed by atoms with Crippen LogP contribution in [0.3, 0.4) is 0 Å². The van der Waals surface area contributed by atoms with Gasteiger partial charge in [-0.15, -0.1) is 0 Å². The number of carbonyl (C=O) groups excluding carboxylic acids is 2. The number of hydrogen-bond acceptors (Lipinski definition) is 5. The molecular formula is C17H17NO4S. The predicted molar refractivity (Wildman–Crippen MR) is 90.6 cm³/mol. The summed E-state index contributed by atoms with van der Waals surface area (Å²) in [7, 11) is 0. The summed E-state index contributed by atoms with van der Waals surface area (Å²) in [5, 5.41) is 6.47. The van der Waals surface area contributed by atoms with E-state index in [-0.39, 0.29) is 6.61 Å². The summed E-state index contributed by atoms with van der Waals surface area (Å²) >= 11 is 1.54. The topological polar surface area (TPSA) is 64.6 Å². The molecule has 0 bridgehead atoms. The third-order valence-electron chi connectivity index (χ3n) is 2.76. The third-order valence-corrected chi connectivity index (χ3v) is 3.46. The van der Waals surface area contributed by atoms with Crippen LogP contribution in [0.25, 0.3) is 6.08 Å². The van der Waals surface area contributed by atoms with Crippen molar-refractivity contribution in [2.24, 2.45) is 0 Å². The molecule has 0 atom stereocenters. The van der Waals surface area contributed by atoms with Gasteiger partial charge in [-0.3, -0.25) is 4.79 Å². The number of carbonyl (C=O) groups is 2. The number of rotatable bonds is 7. The van der Waals surface area contributed by atoms with Gasteiger partial charge in [0.15, 0.2) is 6.61 Å². The van der Waals surface area contributed by atoms with E-state index < -0.39 is 11.9 Å². The average molecular weight is 331 g/mol. The minimum atomic E-state index is -0.565. The summed E-state index contributed by atoms with van der Waals surface area (Å²) in [5.41, 5.74) is 1.46. The van der Waals surface area contributed by atoms with E-state index in [2.05, 4.69) is 5.32 Å². The highest BCUT2D eigenvalue weighted by molar-refractivity contribution is 7.08. The van der Waals surface area contributed by atoms with Gasteiger partial charge in [0.05, 0.1) is 12.3 Å². The molecule has 0 saturated carbocycles. The number of thiophene rings is 1. The van der Waals surface area contributed by atoms with Crippen molar-refractivity contribution in [3.05, 3.63) is 52.7 Å². The number of amides is 1. The van der Waals surface area contributed by atoms with Gasteiger partial charge < -0.3 is 14.8 Å². The highest BCUT2D eigenvalue weighted by Crippen LogP contribution is 2.23. The van der Waals surface area contributed by atoms with Crippen molar-refractivity contribution in [1.82, 2.24) is 0 Å². The van der Waals surface area contributed by atoms with Crippen LogP contribution in [-0.4, -0.2) is 25.1 Å². The molecule has 0 unspecified atom stereocenters. The van der Waals surface area contributed by atoms with Gasteiger partial charge in [0.2, 0.25) is 0 Å². The molecule has 1 amide bonds. The Labute approximate surface area is 138 Å². The molecule has 0 aliphatic rings. The quantitative estimate of drug-likeness (QED) is 0.624. The SMILES string of the molecule is CCOc1ccccc1NC(=O)COC(=O)/C=C/c1ccsc1. The molecule has 1 aromatic heterocycles. The molecule has 23 heavy (non-hydrogen) atoms. The lowest BCUT2D eigenvalue weighted by Gasteiger charge is -2.11. The molecule has 1 N–H and O–H groups in total. The molecule has 1 aromatic carbocycles. The van der Waals surface area contributed by atoms with Crippen LogP contribution in [0.5, 0.6) is 5.75 Å². The number of ether oxygens (including phenoxy) is 2. The van der Waals surface area contributed by atoms with Crippen LogP contribution < -0.4 is 10.1 Å². The third kappa shape index (κ3) is 5.60. The molecule has 5 nitrogen and oxygen atoms in total. The first-order chi connectivity index (χ1) is 11.2. The van der Waals surface area contributed by atoms with Crippen molar-refractivity contribution in [3.8, 4) is 5.75 Å². The molecule has 0 radical (unpaired) electrons. The summed E-state index contributed by atoms with van der Waals surface area (Å²) in [6.07, 6.45) is 2.94. The maximum Gasteiger partial charge on any atom is 0.331 e. The first kappa shape index (κ1) is 16.8. The molecule has 6 heteroatoms. The van der Waals surface area contributed by atoms with Crippen LogP contribution in [0.2, 0.25) is 0 Å². The molecule has 0 aliphatic carbocycles. The number of hydrogen-bond donors (Lipinski definition) is 1. The fourth-order valence-corrected chi connectivity index (χ4v) is 2.38. The lowest BCUT2D eigenvalue weighted by Crippen LogP contribution is -2.20. The number of nitrogens with one attached hydrogen (secondary N) is 1. The van der Waals surface area contributed by atoms with Crippen molar-refractivity contribution < 1.29 is 19.1 Å². The molecule has 0 saturated heterocycles. The zero-order chi connectivity index (χ0) is 16.5. The molecule has 0 fully saturated rings. The summed E-state index contributed by atoms with van der Waals surface area (Å²) in [6.45, 7) is 2.00. The number of anilines is 1.